The number of rotatable bonds is 3. The van der Waals surface area contributed by atoms with Gasteiger partial charge in [-0.2, -0.15) is 0 Å². The SMILES string of the molecule is Cc1cn([C@H]2C[C@@H](N=[N+]=N)C(CO)O2)c(=O)[nH]c1=O. The lowest BCUT2D eigenvalue weighted by atomic mass is 10.1. The van der Waals surface area contributed by atoms with Gasteiger partial charge in [-0.25, -0.2) is 4.79 Å². The quantitative estimate of drug-likeness (QED) is 0.480. The molecule has 1 aromatic rings. The summed E-state index contributed by atoms with van der Waals surface area (Å²) in [5.41, 5.74) is 6.07. The molecule has 19 heavy (non-hydrogen) atoms. The highest BCUT2D eigenvalue weighted by Gasteiger charge is 2.39. The minimum atomic E-state index is -0.643. The maximum Gasteiger partial charge on any atom is 0.330 e. The fraction of sp³-hybridized carbons (Fsp3) is 0.600. The fourth-order valence-electron chi connectivity index (χ4n) is 2.05. The van der Waals surface area contributed by atoms with Crippen LogP contribution < -0.4 is 16.2 Å². The highest BCUT2D eigenvalue weighted by Crippen LogP contribution is 2.29. The van der Waals surface area contributed by atoms with E-state index in [9.17, 15) is 9.59 Å². The van der Waals surface area contributed by atoms with Crippen LogP contribution in [-0.4, -0.2) is 33.4 Å². The van der Waals surface area contributed by atoms with Crippen LogP contribution in [0, 0.1) is 12.5 Å². The van der Waals surface area contributed by atoms with Crippen molar-refractivity contribution in [1.82, 2.24) is 14.5 Å². The molecule has 9 nitrogen and oxygen atoms in total. The number of aryl methyl sites for hydroxylation is 1. The number of aromatic nitrogens is 2. The second-order valence-electron chi connectivity index (χ2n) is 4.31. The first-order chi connectivity index (χ1) is 9.06. The van der Waals surface area contributed by atoms with Crippen molar-refractivity contribution in [2.75, 3.05) is 6.61 Å². The molecule has 2 rings (SSSR count). The topological polar surface area (TPSA) is 135 Å². The molecule has 9 heteroatoms. The Morgan fingerprint density at radius 2 is 2.42 bits per heavy atom. The molecule has 1 fully saturated rings. The molecule has 3 atom stereocenters. The molecule has 0 aromatic carbocycles. The van der Waals surface area contributed by atoms with Crippen LogP contribution in [0.15, 0.2) is 20.9 Å². The van der Waals surface area contributed by atoms with Gasteiger partial charge in [0.2, 0.25) is 4.91 Å². The van der Waals surface area contributed by atoms with Crippen LogP contribution in [0.5, 0.6) is 0 Å². The second-order valence-corrected chi connectivity index (χ2v) is 4.31. The van der Waals surface area contributed by atoms with Gasteiger partial charge in [0.05, 0.1) is 6.61 Å². The van der Waals surface area contributed by atoms with Gasteiger partial charge in [-0.05, 0) is 6.92 Å². The van der Waals surface area contributed by atoms with Crippen molar-refractivity contribution in [3.05, 3.63) is 32.6 Å². The summed E-state index contributed by atoms with van der Waals surface area (Å²) in [4.78, 5) is 28.1. The zero-order chi connectivity index (χ0) is 14.0. The van der Waals surface area contributed by atoms with Gasteiger partial charge in [0, 0.05) is 18.2 Å². The molecule has 0 bridgehead atoms. The third-order valence-electron chi connectivity index (χ3n) is 3.05. The molecule has 1 unspecified atom stereocenters. The number of aliphatic hydroxyl groups excluding tert-OH is 1. The zero-order valence-corrected chi connectivity index (χ0v) is 10.2. The summed E-state index contributed by atoms with van der Waals surface area (Å²) >= 11 is 0. The van der Waals surface area contributed by atoms with Gasteiger partial charge in [-0.1, -0.05) is 0 Å². The van der Waals surface area contributed by atoms with Crippen molar-refractivity contribution in [3.63, 3.8) is 0 Å². The highest BCUT2D eigenvalue weighted by molar-refractivity contribution is 5.02. The van der Waals surface area contributed by atoms with E-state index >= 15 is 0 Å². The number of hydrogen-bond acceptors (Lipinski definition) is 6. The van der Waals surface area contributed by atoms with E-state index in [-0.39, 0.29) is 6.61 Å². The Bertz CT molecular complexity index is 630. The molecule has 0 radical (unpaired) electrons. The molecule has 1 aliphatic rings. The Hall–Kier alpha value is -2.09. The maximum absolute atomic E-state index is 11.7. The summed E-state index contributed by atoms with van der Waals surface area (Å²) in [6.07, 6.45) is 0.452. The highest BCUT2D eigenvalue weighted by atomic mass is 16.5. The summed E-state index contributed by atoms with van der Waals surface area (Å²) in [5, 5.41) is 12.8. The molecule has 0 saturated carbocycles. The minimum Gasteiger partial charge on any atom is -0.394 e. The average molecular weight is 268 g/mol. The van der Waals surface area contributed by atoms with E-state index < -0.39 is 29.6 Å². The Balaban J connectivity index is 2.34. The van der Waals surface area contributed by atoms with E-state index in [1.165, 1.54) is 10.8 Å². The lowest BCUT2D eigenvalue weighted by Crippen LogP contribution is -2.33. The third-order valence-corrected chi connectivity index (χ3v) is 3.05. The van der Waals surface area contributed by atoms with Crippen LogP contribution in [0.3, 0.4) is 0 Å². The van der Waals surface area contributed by atoms with Crippen molar-refractivity contribution in [1.29, 1.82) is 5.53 Å². The van der Waals surface area contributed by atoms with Gasteiger partial charge < -0.3 is 9.84 Å². The van der Waals surface area contributed by atoms with Crippen molar-refractivity contribution < 1.29 is 9.84 Å². The number of nitrogens with one attached hydrogen (secondary N) is 2. The van der Waals surface area contributed by atoms with Crippen molar-refractivity contribution in [3.8, 4) is 0 Å². The van der Waals surface area contributed by atoms with Gasteiger partial charge in [-0.15, -0.1) is 0 Å². The van der Waals surface area contributed by atoms with E-state index in [0.29, 0.717) is 12.0 Å². The zero-order valence-electron chi connectivity index (χ0n) is 10.2. The first-order valence-corrected chi connectivity index (χ1v) is 5.71. The van der Waals surface area contributed by atoms with Gasteiger partial charge in [0.15, 0.2) is 6.04 Å². The van der Waals surface area contributed by atoms with Crippen molar-refractivity contribution in [2.45, 2.75) is 31.7 Å². The number of nitrogens with zero attached hydrogens (tertiary/aromatic N) is 3. The van der Waals surface area contributed by atoms with Crippen molar-refractivity contribution in [2.24, 2.45) is 5.11 Å². The Kier molecular flexibility index (Phi) is 3.70. The summed E-state index contributed by atoms with van der Waals surface area (Å²) < 4.78 is 6.74. The van der Waals surface area contributed by atoms with Crippen LogP contribution >= 0.6 is 0 Å². The number of aliphatic hydroxyl groups is 1. The molecular formula is C10H14N5O4+. The predicted octanol–water partition coefficient (Wildman–Crippen LogP) is -0.956. The lowest BCUT2D eigenvalue weighted by molar-refractivity contribution is -0.0274. The Morgan fingerprint density at radius 1 is 1.68 bits per heavy atom. The summed E-state index contributed by atoms with van der Waals surface area (Å²) in [7, 11) is 0. The Labute approximate surface area is 107 Å². The monoisotopic (exact) mass is 268 g/mol. The Morgan fingerprint density at radius 3 is 3.05 bits per heavy atom. The molecule has 1 aliphatic heterocycles. The normalized spacial score (nSPS) is 26.1. The van der Waals surface area contributed by atoms with Gasteiger partial charge >= 0.3 is 5.69 Å². The molecule has 2 heterocycles. The second kappa shape index (κ2) is 5.27. The largest absolute Gasteiger partial charge is 0.394 e. The fourth-order valence-corrected chi connectivity index (χ4v) is 2.05. The van der Waals surface area contributed by atoms with E-state index in [0.717, 1.165) is 0 Å². The van der Waals surface area contributed by atoms with Gasteiger partial charge in [0.1, 0.15) is 23.0 Å². The number of hydrogen-bond donors (Lipinski definition) is 3. The van der Waals surface area contributed by atoms with Crippen molar-refractivity contribution >= 4 is 0 Å². The first-order valence-electron chi connectivity index (χ1n) is 5.71. The summed E-state index contributed by atoms with van der Waals surface area (Å²) in [6.45, 7) is 1.30. The van der Waals surface area contributed by atoms with Crippen LogP contribution in [0.1, 0.15) is 18.2 Å². The predicted molar refractivity (Wildman–Crippen MR) is 62.7 cm³/mol. The molecular weight excluding hydrogens is 254 g/mol. The summed E-state index contributed by atoms with van der Waals surface area (Å²) in [5.74, 6) is 0. The van der Waals surface area contributed by atoms with E-state index in [1.54, 1.807) is 6.92 Å². The smallest absolute Gasteiger partial charge is 0.330 e. The van der Waals surface area contributed by atoms with Crippen LogP contribution in [0.25, 0.3) is 0 Å². The number of ether oxygens (including phenoxy) is 1. The average Bonchev–Trinajstić information content (AvgIpc) is 2.77. The van der Waals surface area contributed by atoms with E-state index in [4.69, 9.17) is 15.4 Å². The number of H-pyrrole nitrogens is 1. The van der Waals surface area contributed by atoms with Crippen LogP contribution in [0.2, 0.25) is 0 Å². The van der Waals surface area contributed by atoms with Gasteiger partial charge in [0.25, 0.3) is 5.56 Å². The molecule has 3 N–H and O–H groups in total. The maximum atomic E-state index is 11.7. The van der Waals surface area contributed by atoms with E-state index in [2.05, 4.69) is 15.0 Å². The lowest BCUT2D eigenvalue weighted by Gasteiger charge is -2.14. The molecule has 1 saturated heterocycles. The van der Waals surface area contributed by atoms with Crippen LogP contribution in [0.4, 0.5) is 0 Å². The molecule has 1 aromatic heterocycles. The standard InChI is InChI=1S/C10H13N5O4/c1-5-3-15(10(18)12-9(5)17)8-2-6(13-14-11)7(4-16)19-8/h3,6-8,11,16H,2,4H2,1H3/p+1/t6-,7?,8-/m1/s1. The third kappa shape index (κ3) is 2.53. The van der Waals surface area contributed by atoms with Crippen LogP contribution in [-0.2, 0) is 4.74 Å². The van der Waals surface area contributed by atoms with Gasteiger partial charge in [-0.3, -0.25) is 14.3 Å². The molecule has 0 spiro atoms. The molecule has 102 valence electrons. The number of aromatic amines is 1. The molecule has 0 aliphatic carbocycles. The minimum absolute atomic E-state index is 0.280. The van der Waals surface area contributed by atoms with E-state index in [1.807, 2.05) is 0 Å². The summed E-state index contributed by atoms with van der Waals surface area (Å²) in [6, 6.07) is -0.480. The first kappa shape index (κ1) is 13.3. The molecule has 0 amide bonds.